The van der Waals surface area contributed by atoms with E-state index in [1.807, 2.05) is 0 Å². The number of amides is 1. The molecule has 0 N–H and O–H groups in total. The molecule has 1 atom stereocenters. The van der Waals surface area contributed by atoms with Crippen LogP contribution < -0.4 is 0 Å². The summed E-state index contributed by atoms with van der Waals surface area (Å²) in [5.74, 6) is 2.28. The van der Waals surface area contributed by atoms with Crippen molar-refractivity contribution in [2.75, 3.05) is 19.6 Å². The van der Waals surface area contributed by atoms with E-state index in [-0.39, 0.29) is 11.9 Å². The molecule has 0 bridgehead atoms. The maximum Gasteiger partial charge on any atom is 0.237 e. The number of likely N-dealkylation sites (tertiary alicyclic amines) is 1. The zero-order chi connectivity index (χ0) is 16.5. The van der Waals surface area contributed by atoms with Gasteiger partial charge in [-0.15, -0.1) is 21.5 Å². The Morgan fingerprint density at radius 3 is 3.04 bits per heavy atom. The molecule has 0 spiro atoms. The van der Waals surface area contributed by atoms with Gasteiger partial charge in [-0.05, 0) is 24.3 Å². The van der Waals surface area contributed by atoms with Gasteiger partial charge in [-0.2, -0.15) is 0 Å². The minimum Gasteiger partial charge on any atom is -0.334 e. The van der Waals surface area contributed by atoms with E-state index < -0.39 is 0 Å². The fraction of sp³-hybridized carbons (Fsp3) is 0.588. The molecule has 128 valence electrons. The Hall–Kier alpha value is -1.73. The molecule has 0 aliphatic carbocycles. The molecular formula is C17H23N5OS. The standard InChI is InChI=1S/C17H23N5OS/c1-2-15-18-19-16-11-20(8-9-22(15)16)12-17(23)21-7-3-5-13(21)14-6-4-10-24-14/h4,6,10,13H,2-3,5,7-9,11-12H2,1H3. The third-order valence-electron chi connectivity index (χ3n) is 5.03. The van der Waals surface area contributed by atoms with Gasteiger partial charge in [-0.1, -0.05) is 13.0 Å². The van der Waals surface area contributed by atoms with E-state index in [1.54, 1.807) is 11.3 Å². The van der Waals surface area contributed by atoms with Crippen molar-refractivity contribution < 1.29 is 4.79 Å². The van der Waals surface area contributed by atoms with E-state index >= 15 is 0 Å². The molecule has 1 unspecified atom stereocenters. The zero-order valence-electron chi connectivity index (χ0n) is 14.0. The van der Waals surface area contributed by atoms with Gasteiger partial charge in [0.05, 0.1) is 19.1 Å². The van der Waals surface area contributed by atoms with Crippen molar-refractivity contribution in [1.29, 1.82) is 0 Å². The summed E-state index contributed by atoms with van der Waals surface area (Å²) in [5.41, 5.74) is 0. The Morgan fingerprint density at radius 2 is 2.25 bits per heavy atom. The van der Waals surface area contributed by atoms with E-state index in [0.717, 1.165) is 57.1 Å². The van der Waals surface area contributed by atoms with Crippen LogP contribution in [0.25, 0.3) is 0 Å². The molecule has 0 aromatic carbocycles. The topological polar surface area (TPSA) is 54.3 Å². The zero-order valence-corrected chi connectivity index (χ0v) is 14.8. The van der Waals surface area contributed by atoms with Crippen LogP contribution in [0.5, 0.6) is 0 Å². The number of carbonyl (C=O) groups excluding carboxylic acids is 1. The highest BCUT2D eigenvalue weighted by atomic mass is 32.1. The highest BCUT2D eigenvalue weighted by molar-refractivity contribution is 7.10. The van der Waals surface area contributed by atoms with Crippen LogP contribution in [0.4, 0.5) is 0 Å². The predicted octanol–water partition coefficient (Wildman–Crippen LogP) is 2.08. The van der Waals surface area contributed by atoms with Crippen LogP contribution in [0.3, 0.4) is 0 Å². The van der Waals surface area contributed by atoms with Crippen molar-refractivity contribution in [2.45, 2.75) is 45.3 Å². The average molecular weight is 345 g/mol. The van der Waals surface area contributed by atoms with Gasteiger partial charge in [-0.3, -0.25) is 9.69 Å². The number of carbonyl (C=O) groups is 1. The largest absolute Gasteiger partial charge is 0.334 e. The molecule has 4 rings (SSSR count). The lowest BCUT2D eigenvalue weighted by Gasteiger charge is -2.30. The molecule has 2 aromatic rings. The number of aryl methyl sites for hydroxylation is 1. The minimum absolute atomic E-state index is 0.245. The van der Waals surface area contributed by atoms with Crippen LogP contribution in [0, 0.1) is 0 Å². The van der Waals surface area contributed by atoms with E-state index in [1.165, 1.54) is 4.88 Å². The maximum absolute atomic E-state index is 12.8. The van der Waals surface area contributed by atoms with E-state index in [9.17, 15) is 4.79 Å². The van der Waals surface area contributed by atoms with Crippen LogP contribution in [0.1, 0.15) is 42.3 Å². The summed E-state index contributed by atoms with van der Waals surface area (Å²) in [4.78, 5) is 18.4. The molecule has 0 saturated carbocycles. The molecule has 0 radical (unpaired) electrons. The third-order valence-corrected chi connectivity index (χ3v) is 6.00. The number of fused-ring (bicyclic) bond motifs is 1. The summed E-state index contributed by atoms with van der Waals surface area (Å²) < 4.78 is 2.20. The number of hydrogen-bond acceptors (Lipinski definition) is 5. The smallest absolute Gasteiger partial charge is 0.237 e. The van der Waals surface area contributed by atoms with Gasteiger partial charge >= 0.3 is 0 Å². The second-order valence-electron chi connectivity index (χ2n) is 6.51. The lowest BCUT2D eigenvalue weighted by atomic mass is 10.2. The van der Waals surface area contributed by atoms with E-state index in [4.69, 9.17) is 0 Å². The molecule has 24 heavy (non-hydrogen) atoms. The Kier molecular flexibility index (Phi) is 4.37. The molecule has 2 aliphatic heterocycles. The highest BCUT2D eigenvalue weighted by Gasteiger charge is 2.32. The first-order valence-corrected chi connectivity index (χ1v) is 9.60. The van der Waals surface area contributed by atoms with Crippen LogP contribution in [-0.4, -0.2) is 50.1 Å². The third kappa shape index (κ3) is 2.86. The maximum atomic E-state index is 12.8. The quantitative estimate of drug-likeness (QED) is 0.851. The average Bonchev–Trinajstić information content (AvgIpc) is 3.33. The Balaban J connectivity index is 1.41. The Bertz CT molecular complexity index is 711. The van der Waals surface area contributed by atoms with Gasteiger partial charge in [0, 0.05) is 30.9 Å². The molecule has 1 saturated heterocycles. The second-order valence-corrected chi connectivity index (χ2v) is 7.49. The van der Waals surface area contributed by atoms with Crippen molar-refractivity contribution in [3.8, 4) is 0 Å². The van der Waals surface area contributed by atoms with Crippen LogP contribution in [-0.2, 0) is 24.3 Å². The van der Waals surface area contributed by atoms with Crippen molar-refractivity contribution >= 4 is 17.2 Å². The second kappa shape index (κ2) is 6.64. The summed E-state index contributed by atoms with van der Waals surface area (Å²) in [7, 11) is 0. The number of nitrogens with zero attached hydrogens (tertiary/aromatic N) is 5. The molecule has 4 heterocycles. The monoisotopic (exact) mass is 345 g/mol. The van der Waals surface area contributed by atoms with E-state index in [2.05, 4.69) is 49.0 Å². The first-order chi connectivity index (χ1) is 11.8. The number of aromatic nitrogens is 3. The number of hydrogen-bond donors (Lipinski definition) is 0. The van der Waals surface area contributed by atoms with E-state index in [0.29, 0.717) is 6.54 Å². The van der Waals surface area contributed by atoms with Crippen molar-refractivity contribution in [3.63, 3.8) is 0 Å². The summed E-state index contributed by atoms with van der Waals surface area (Å²) in [5, 5.41) is 10.6. The first-order valence-electron chi connectivity index (χ1n) is 8.72. The highest BCUT2D eigenvalue weighted by Crippen LogP contribution is 2.34. The van der Waals surface area contributed by atoms with Gasteiger partial charge in [0.2, 0.25) is 5.91 Å². The molecular weight excluding hydrogens is 322 g/mol. The molecule has 7 heteroatoms. The van der Waals surface area contributed by atoms with Crippen LogP contribution in [0.2, 0.25) is 0 Å². The molecule has 2 aromatic heterocycles. The fourth-order valence-electron chi connectivity index (χ4n) is 3.79. The lowest BCUT2D eigenvalue weighted by molar-refractivity contribution is -0.133. The first kappa shape index (κ1) is 15.8. The summed E-state index contributed by atoms with van der Waals surface area (Å²) >= 11 is 1.75. The minimum atomic E-state index is 0.245. The predicted molar refractivity (Wildman–Crippen MR) is 92.7 cm³/mol. The van der Waals surface area contributed by atoms with Gasteiger partial charge in [0.1, 0.15) is 11.6 Å². The van der Waals surface area contributed by atoms with Crippen LogP contribution in [0.15, 0.2) is 17.5 Å². The fourth-order valence-corrected chi connectivity index (χ4v) is 4.66. The Morgan fingerprint density at radius 1 is 1.33 bits per heavy atom. The Labute approximate surface area is 146 Å². The van der Waals surface area contributed by atoms with Crippen molar-refractivity contribution in [1.82, 2.24) is 24.6 Å². The van der Waals surface area contributed by atoms with Crippen molar-refractivity contribution in [2.24, 2.45) is 0 Å². The molecule has 6 nitrogen and oxygen atoms in total. The SMILES string of the molecule is CCc1nnc2n1CCN(CC(=O)N1CCCC1c1cccs1)C2. The molecule has 1 amide bonds. The van der Waals surface area contributed by atoms with Gasteiger partial charge in [0.25, 0.3) is 0 Å². The summed E-state index contributed by atoms with van der Waals surface area (Å²) in [6.07, 6.45) is 3.09. The molecule has 2 aliphatic rings. The van der Waals surface area contributed by atoms with Crippen molar-refractivity contribution in [3.05, 3.63) is 34.0 Å². The number of rotatable bonds is 4. The van der Waals surface area contributed by atoms with Gasteiger partial charge < -0.3 is 9.47 Å². The van der Waals surface area contributed by atoms with Crippen LogP contribution >= 0.6 is 11.3 Å². The normalized spacial score (nSPS) is 21.2. The van der Waals surface area contributed by atoms with Gasteiger partial charge in [0.15, 0.2) is 0 Å². The molecule has 1 fully saturated rings. The number of thiophene rings is 1. The summed E-state index contributed by atoms with van der Waals surface area (Å²) in [6, 6.07) is 4.50. The lowest BCUT2D eigenvalue weighted by Crippen LogP contribution is -2.43. The summed E-state index contributed by atoms with van der Waals surface area (Å²) in [6.45, 7) is 5.96. The van der Waals surface area contributed by atoms with Gasteiger partial charge in [-0.25, -0.2) is 0 Å².